The van der Waals surface area contributed by atoms with Gasteiger partial charge in [-0.1, -0.05) is 22.9 Å². The maximum absolute atomic E-state index is 12.7. The molecule has 37 heavy (non-hydrogen) atoms. The molecule has 15 heteroatoms. The Bertz CT molecular complexity index is 1300. The number of methoxy groups -OCH3 is 1. The standard InChI is InChI=1S/C20H21ClN6O2S.C2HF3O2/c1-29-17-16-18(23-11-22-17)30-19(24-16)25-20(28)26-7-5-14(6-8-26)27-9-4-12-10-13(21)2-3-15(12)27;3-2(4,5)1(6)7/h2-3,10-11,14H,4-9H2,1H3,(H,24,25,28);(H,6,7). The fourth-order valence-electron chi connectivity index (χ4n) is 4.26. The van der Waals surface area contributed by atoms with E-state index in [0.717, 1.165) is 30.8 Å². The highest BCUT2D eigenvalue weighted by molar-refractivity contribution is 7.22. The number of likely N-dealkylation sites (tertiary alicyclic amines) is 1. The average Bonchev–Trinajstić information content (AvgIpc) is 3.47. The summed E-state index contributed by atoms with van der Waals surface area (Å²) in [6, 6.07) is 6.45. The van der Waals surface area contributed by atoms with Crippen molar-refractivity contribution in [3.8, 4) is 5.88 Å². The van der Waals surface area contributed by atoms with Gasteiger partial charge in [0.25, 0.3) is 0 Å². The van der Waals surface area contributed by atoms with Crippen molar-refractivity contribution in [2.45, 2.75) is 31.5 Å². The Morgan fingerprint density at radius 3 is 2.57 bits per heavy atom. The van der Waals surface area contributed by atoms with Crippen LogP contribution < -0.4 is 15.0 Å². The van der Waals surface area contributed by atoms with Gasteiger partial charge in [-0.05, 0) is 43.0 Å². The van der Waals surface area contributed by atoms with Gasteiger partial charge in [-0.2, -0.15) is 18.2 Å². The van der Waals surface area contributed by atoms with Crippen molar-refractivity contribution in [2.24, 2.45) is 0 Å². The predicted octanol–water partition coefficient (Wildman–Crippen LogP) is 4.44. The molecule has 0 spiro atoms. The van der Waals surface area contributed by atoms with Gasteiger partial charge in [0.05, 0.1) is 7.11 Å². The number of carbonyl (C=O) groups excluding carboxylic acids is 1. The number of hydrogen-bond donors (Lipinski definition) is 2. The van der Waals surface area contributed by atoms with Crippen LogP contribution in [0.1, 0.15) is 18.4 Å². The van der Waals surface area contributed by atoms with Crippen LogP contribution in [0.2, 0.25) is 5.02 Å². The number of benzene rings is 1. The van der Waals surface area contributed by atoms with Crippen molar-refractivity contribution in [1.82, 2.24) is 19.9 Å². The average molecular weight is 559 g/mol. The number of halogens is 4. The van der Waals surface area contributed by atoms with Gasteiger partial charge in [-0.25, -0.2) is 19.6 Å². The molecule has 198 valence electrons. The Morgan fingerprint density at radius 2 is 1.92 bits per heavy atom. The molecule has 2 aromatic heterocycles. The quantitative estimate of drug-likeness (QED) is 0.484. The summed E-state index contributed by atoms with van der Waals surface area (Å²) in [5, 5.41) is 11.3. The maximum atomic E-state index is 12.7. The number of carboxylic acids is 1. The van der Waals surface area contributed by atoms with E-state index in [9.17, 15) is 18.0 Å². The lowest BCUT2D eigenvalue weighted by Gasteiger charge is -2.38. The Morgan fingerprint density at radius 1 is 1.22 bits per heavy atom. The van der Waals surface area contributed by atoms with Crippen LogP contribution in [-0.4, -0.2) is 75.9 Å². The summed E-state index contributed by atoms with van der Waals surface area (Å²) in [7, 11) is 1.54. The number of carbonyl (C=O) groups is 2. The van der Waals surface area contributed by atoms with Crippen LogP contribution in [-0.2, 0) is 11.2 Å². The van der Waals surface area contributed by atoms with Gasteiger partial charge in [0.1, 0.15) is 6.33 Å². The summed E-state index contributed by atoms with van der Waals surface area (Å²) < 4.78 is 36.9. The fraction of sp³-hybridized carbons (Fsp3) is 0.409. The zero-order valence-electron chi connectivity index (χ0n) is 19.5. The minimum absolute atomic E-state index is 0.131. The molecular weight excluding hydrogens is 537 g/mol. The summed E-state index contributed by atoms with van der Waals surface area (Å²) in [6.45, 7) is 2.44. The minimum atomic E-state index is -5.08. The fourth-order valence-corrected chi connectivity index (χ4v) is 5.25. The summed E-state index contributed by atoms with van der Waals surface area (Å²) in [5.41, 5.74) is 3.16. The lowest BCUT2D eigenvalue weighted by atomic mass is 10.0. The molecule has 0 aliphatic carbocycles. The molecule has 1 saturated heterocycles. The number of thiazole rings is 1. The first-order valence-electron chi connectivity index (χ1n) is 11.1. The highest BCUT2D eigenvalue weighted by Crippen LogP contribution is 2.34. The van der Waals surface area contributed by atoms with Crippen LogP contribution in [0.5, 0.6) is 5.88 Å². The number of nitrogens with zero attached hydrogens (tertiary/aromatic N) is 5. The van der Waals surface area contributed by atoms with Crippen LogP contribution in [0.4, 0.5) is 28.8 Å². The molecule has 2 N–H and O–H groups in total. The van der Waals surface area contributed by atoms with E-state index in [4.69, 9.17) is 26.2 Å². The molecule has 1 fully saturated rings. The molecule has 1 aromatic carbocycles. The number of amides is 2. The molecule has 0 atom stereocenters. The van der Waals surface area contributed by atoms with Crippen molar-refractivity contribution in [1.29, 1.82) is 0 Å². The van der Waals surface area contributed by atoms with Crippen molar-refractivity contribution in [2.75, 3.05) is 37.0 Å². The molecule has 0 bridgehead atoms. The van der Waals surface area contributed by atoms with Crippen molar-refractivity contribution in [3.63, 3.8) is 0 Å². The predicted molar refractivity (Wildman–Crippen MR) is 132 cm³/mol. The Balaban J connectivity index is 0.000000405. The number of ether oxygens (including phenoxy) is 1. The Hall–Kier alpha value is -3.39. The molecule has 3 aromatic rings. The lowest BCUT2D eigenvalue weighted by molar-refractivity contribution is -0.192. The second-order valence-corrected chi connectivity index (χ2v) is 9.64. The first-order valence-corrected chi connectivity index (χ1v) is 12.3. The van der Waals surface area contributed by atoms with E-state index in [1.807, 2.05) is 11.0 Å². The van der Waals surface area contributed by atoms with E-state index in [1.165, 1.54) is 36.0 Å². The van der Waals surface area contributed by atoms with E-state index >= 15 is 0 Å². The summed E-state index contributed by atoms with van der Waals surface area (Å²) in [4.78, 5) is 39.3. The van der Waals surface area contributed by atoms with Gasteiger partial charge < -0.3 is 19.6 Å². The summed E-state index contributed by atoms with van der Waals surface area (Å²) in [6.07, 6.45) is -0.746. The van der Waals surface area contributed by atoms with E-state index in [2.05, 4.69) is 37.3 Å². The first kappa shape index (κ1) is 26.7. The number of carboxylic acid groups (broad SMARTS) is 1. The number of rotatable bonds is 3. The highest BCUT2D eigenvalue weighted by Gasteiger charge is 2.38. The molecule has 0 unspecified atom stereocenters. The lowest BCUT2D eigenvalue weighted by Crippen LogP contribution is -2.47. The Kier molecular flexibility index (Phi) is 7.87. The summed E-state index contributed by atoms with van der Waals surface area (Å²) >= 11 is 7.45. The van der Waals surface area contributed by atoms with Crippen LogP contribution >= 0.6 is 22.9 Å². The van der Waals surface area contributed by atoms with E-state index in [1.54, 1.807) is 0 Å². The number of anilines is 2. The third-order valence-electron chi connectivity index (χ3n) is 5.98. The molecular formula is C22H22ClF3N6O4S. The van der Waals surface area contributed by atoms with Gasteiger partial charge in [0.2, 0.25) is 5.88 Å². The zero-order chi connectivity index (χ0) is 26.7. The van der Waals surface area contributed by atoms with Crippen LogP contribution in [0.3, 0.4) is 0 Å². The number of urea groups is 1. The van der Waals surface area contributed by atoms with E-state index in [0.29, 0.717) is 40.5 Å². The van der Waals surface area contributed by atoms with Gasteiger partial charge in [0, 0.05) is 36.4 Å². The second-order valence-electron chi connectivity index (χ2n) is 8.22. The minimum Gasteiger partial charge on any atom is -0.479 e. The zero-order valence-corrected chi connectivity index (χ0v) is 21.0. The summed E-state index contributed by atoms with van der Waals surface area (Å²) in [5.74, 6) is -2.35. The number of nitrogens with one attached hydrogen (secondary N) is 1. The van der Waals surface area contributed by atoms with Crippen molar-refractivity contribution >= 4 is 56.1 Å². The molecule has 10 nitrogen and oxygen atoms in total. The smallest absolute Gasteiger partial charge is 0.479 e. The topological polar surface area (TPSA) is 121 Å². The van der Waals surface area contributed by atoms with Gasteiger partial charge in [-0.15, -0.1) is 0 Å². The molecule has 2 aliphatic rings. The molecule has 0 saturated carbocycles. The maximum Gasteiger partial charge on any atom is 0.490 e. The number of hydrogen-bond acceptors (Lipinski definition) is 8. The monoisotopic (exact) mass is 558 g/mol. The second kappa shape index (κ2) is 10.9. The van der Waals surface area contributed by atoms with Crippen LogP contribution in [0, 0.1) is 0 Å². The normalized spacial score (nSPS) is 15.7. The van der Waals surface area contributed by atoms with Crippen molar-refractivity contribution < 1.29 is 32.6 Å². The third-order valence-corrected chi connectivity index (χ3v) is 7.09. The van der Waals surface area contributed by atoms with Crippen LogP contribution in [0.25, 0.3) is 10.3 Å². The molecule has 4 heterocycles. The van der Waals surface area contributed by atoms with Gasteiger partial charge >= 0.3 is 18.2 Å². The van der Waals surface area contributed by atoms with Gasteiger partial charge in [-0.3, -0.25) is 5.32 Å². The molecule has 0 radical (unpaired) electrons. The van der Waals surface area contributed by atoms with Gasteiger partial charge in [0.15, 0.2) is 15.5 Å². The van der Waals surface area contributed by atoms with Crippen molar-refractivity contribution in [3.05, 3.63) is 35.1 Å². The molecule has 5 rings (SSSR count). The highest BCUT2D eigenvalue weighted by atomic mass is 35.5. The Labute approximate surface area is 218 Å². The van der Waals surface area contributed by atoms with E-state index < -0.39 is 12.1 Å². The third kappa shape index (κ3) is 6.13. The number of piperidine rings is 1. The molecule has 2 aliphatic heterocycles. The number of aromatic nitrogens is 3. The SMILES string of the molecule is COc1ncnc2sc(NC(=O)N3CCC(N4CCc5cc(Cl)ccc54)CC3)nc12.O=C(O)C(F)(F)F. The number of alkyl halides is 3. The molecule has 2 amide bonds. The van der Waals surface area contributed by atoms with Crippen LogP contribution in [0.15, 0.2) is 24.5 Å². The number of fused-ring (bicyclic) bond motifs is 2. The first-order chi connectivity index (χ1) is 17.6. The largest absolute Gasteiger partial charge is 0.490 e. The van der Waals surface area contributed by atoms with E-state index in [-0.39, 0.29) is 6.03 Å². The number of aliphatic carboxylic acids is 1.